The number of aryl methyl sites for hydroxylation is 4. The number of nitrogens with zero attached hydrogens (tertiary/aromatic N) is 2. The zero-order chi connectivity index (χ0) is 46.4. The van der Waals surface area contributed by atoms with Crippen LogP contribution in [0.3, 0.4) is 0 Å². The van der Waals surface area contributed by atoms with E-state index in [1.807, 2.05) is 0 Å². The molecule has 0 fully saturated rings. The molecule has 10 aromatic rings. The largest absolute Gasteiger partial charge is 0.310 e. The number of hydrogen-bond donors (Lipinski definition) is 0. The Morgan fingerprint density at radius 3 is 0.838 bits per heavy atom. The van der Waals surface area contributed by atoms with E-state index in [1.165, 1.54) is 75.2 Å². The Hall–Kier alpha value is -7.50. The third-order valence-corrected chi connectivity index (χ3v) is 14.4. The summed E-state index contributed by atoms with van der Waals surface area (Å²) in [6.07, 6.45) is 0. The minimum Gasteiger partial charge on any atom is -0.310 e. The minimum atomic E-state index is 1.12. The maximum Gasteiger partial charge on any atom is 0.0491 e. The van der Waals surface area contributed by atoms with Crippen LogP contribution in [0.15, 0.2) is 262 Å². The summed E-state index contributed by atoms with van der Waals surface area (Å²) in [5.41, 5.74) is 18.9. The van der Waals surface area contributed by atoms with E-state index >= 15 is 0 Å². The average molecular weight is 913 g/mol. The first-order valence-corrected chi connectivity index (χ1v) is 24.8. The second kappa shape index (κ2) is 20.2. The van der Waals surface area contributed by atoms with Crippen molar-refractivity contribution in [3.8, 4) is 33.4 Å². The van der Waals surface area contributed by atoms with Gasteiger partial charge in [-0.1, -0.05) is 157 Å². The Labute approximate surface area is 410 Å². The van der Waals surface area contributed by atoms with Crippen molar-refractivity contribution in [3.05, 3.63) is 265 Å². The summed E-state index contributed by atoms with van der Waals surface area (Å²) in [7, 11) is 0. The van der Waals surface area contributed by atoms with Gasteiger partial charge in [0, 0.05) is 53.7 Å². The number of benzene rings is 10. The van der Waals surface area contributed by atoms with E-state index in [4.69, 9.17) is 0 Å². The van der Waals surface area contributed by atoms with Gasteiger partial charge in [0.2, 0.25) is 0 Å². The zero-order valence-corrected chi connectivity index (χ0v) is 40.4. The molecule has 0 saturated carbocycles. The predicted molar refractivity (Wildman–Crippen MR) is 292 cm³/mol. The highest BCUT2D eigenvalue weighted by molar-refractivity contribution is 7.99. The van der Waals surface area contributed by atoms with Crippen LogP contribution >= 0.6 is 23.5 Å². The van der Waals surface area contributed by atoms with Gasteiger partial charge in [0.1, 0.15) is 0 Å². The van der Waals surface area contributed by atoms with Gasteiger partial charge in [-0.15, -0.1) is 0 Å². The first kappa shape index (κ1) is 44.3. The Morgan fingerprint density at radius 2 is 0.515 bits per heavy atom. The molecule has 0 saturated heterocycles. The summed E-state index contributed by atoms with van der Waals surface area (Å²) in [6, 6.07) is 87.9. The zero-order valence-electron chi connectivity index (χ0n) is 38.8. The van der Waals surface area contributed by atoms with Crippen molar-refractivity contribution in [1.29, 1.82) is 0 Å². The summed E-state index contributed by atoms with van der Waals surface area (Å²) < 4.78 is 0. The fourth-order valence-electron chi connectivity index (χ4n) is 8.99. The minimum absolute atomic E-state index is 1.12. The molecule has 0 aromatic heterocycles. The normalized spacial score (nSPS) is 11.1. The van der Waals surface area contributed by atoms with Crippen molar-refractivity contribution in [1.82, 2.24) is 0 Å². The molecule has 330 valence electrons. The molecule has 0 unspecified atom stereocenters. The molecular weight excluding hydrogens is 861 g/mol. The van der Waals surface area contributed by atoms with Gasteiger partial charge < -0.3 is 9.80 Å². The molecule has 0 aliphatic heterocycles. The van der Waals surface area contributed by atoms with Crippen molar-refractivity contribution in [2.24, 2.45) is 0 Å². The molecule has 0 N–H and O–H groups in total. The van der Waals surface area contributed by atoms with Crippen molar-refractivity contribution in [2.45, 2.75) is 47.3 Å². The van der Waals surface area contributed by atoms with Crippen molar-refractivity contribution in [3.63, 3.8) is 0 Å². The lowest BCUT2D eigenvalue weighted by Crippen LogP contribution is -2.13. The quantitative estimate of drug-likeness (QED) is 0.114. The molecule has 0 bridgehead atoms. The van der Waals surface area contributed by atoms with Crippen LogP contribution in [0.1, 0.15) is 22.3 Å². The second-order valence-corrected chi connectivity index (χ2v) is 19.5. The fraction of sp³-hybridized carbons (Fsp3) is 0.0625. The first-order valence-electron chi connectivity index (χ1n) is 23.1. The Morgan fingerprint density at radius 1 is 0.235 bits per heavy atom. The number of hydrogen-bond acceptors (Lipinski definition) is 4. The number of anilines is 6. The molecule has 0 aliphatic rings. The highest BCUT2D eigenvalue weighted by Crippen LogP contribution is 2.44. The molecule has 4 heteroatoms. The van der Waals surface area contributed by atoms with E-state index in [0.717, 1.165) is 34.1 Å². The van der Waals surface area contributed by atoms with Crippen LogP contribution in [0.5, 0.6) is 0 Å². The lowest BCUT2D eigenvalue weighted by atomic mass is 9.98. The van der Waals surface area contributed by atoms with Crippen LogP contribution in [0.4, 0.5) is 34.1 Å². The molecule has 0 radical (unpaired) electrons. The maximum absolute atomic E-state index is 2.42. The Bertz CT molecular complexity index is 3070. The van der Waals surface area contributed by atoms with Crippen molar-refractivity contribution < 1.29 is 0 Å². The van der Waals surface area contributed by atoms with Gasteiger partial charge in [-0.2, -0.15) is 0 Å². The lowest BCUT2D eigenvalue weighted by molar-refractivity contribution is 1.20. The van der Waals surface area contributed by atoms with Crippen molar-refractivity contribution in [2.75, 3.05) is 9.80 Å². The molecule has 0 atom stereocenters. The van der Waals surface area contributed by atoms with Gasteiger partial charge in [0.25, 0.3) is 0 Å². The molecule has 2 nitrogen and oxygen atoms in total. The SMILES string of the molecule is Cc1cc(Sc2ccccc2)ccc1N(c1ccc(-c2ccccc2)cc1)c1ccc(-c2ccc(N(c3ccc(-c4ccccc4)cc3)c3ccc(Sc4ccccc4)cc3C)c(C)c2)cc1C. The monoisotopic (exact) mass is 912 g/mol. The lowest BCUT2D eigenvalue weighted by Gasteiger charge is -2.30. The molecule has 10 aromatic carbocycles. The maximum atomic E-state index is 2.42. The van der Waals surface area contributed by atoms with Crippen LogP contribution < -0.4 is 9.80 Å². The third kappa shape index (κ3) is 9.80. The molecular formula is C64H52N2S2. The second-order valence-electron chi connectivity index (χ2n) is 17.2. The standard InChI is InChI=1S/C64H52N2S2/c1-45-41-53(29-37-61(45)65(55-31-25-51(26-32-55)49-17-9-5-10-18-49)63-39-35-59(43-47(63)3)67-57-21-13-7-14-22-57)54-30-38-62(46(2)42-54)66(56-33-27-52(28-34-56)50-19-11-6-12-20-50)64-40-36-60(44-48(64)4)68-58-23-15-8-16-24-58/h5-44H,1-4H3. The number of rotatable bonds is 13. The van der Waals surface area contributed by atoms with Gasteiger partial charge in [-0.05, 0) is 193 Å². The van der Waals surface area contributed by atoms with E-state index in [2.05, 4.69) is 280 Å². The van der Waals surface area contributed by atoms with Gasteiger partial charge >= 0.3 is 0 Å². The summed E-state index contributed by atoms with van der Waals surface area (Å²) in [5.74, 6) is 0. The molecule has 68 heavy (non-hydrogen) atoms. The van der Waals surface area contributed by atoms with Gasteiger partial charge in [-0.25, -0.2) is 0 Å². The highest BCUT2D eigenvalue weighted by atomic mass is 32.2. The molecule has 0 spiro atoms. The third-order valence-electron chi connectivity index (χ3n) is 12.5. The topological polar surface area (TPSA) is 6.48 Å². The van der Waals surface area contributed by atoms with Crippen LogP contribution in [-0.2, 0) is 0 Å². The van der Waals surface area contributed by atoms with E-state index in [1.54, 1.807) is 23.5 Å². The van der Waals surface area contributed by atoms with E-state index in [9.17, 15) is 0 Å². The van der Waals surface area contributed by atoms with E-state index in [0.29, 0.717) is 0 Å². The Balaban J connectivity index is 0.998. The van der Waals surface area contributed by atoms with Crippen LogP contribution in [0, 0.1) is 27.7 Å². The summed E-state index contributed by atoms with van der Waals surface area (Å²) in [5, 5.41) is 0. The van der Waals surface area contributed by atoms with E-state index < -0.39 is 0 Å². The first-order chi connectivity index (χ1) is 33.3. The summed E-state index contributed by atoms with van der Waals surface area (Å²) in [4.78, 5) is 9.74. The van der Waals surface area contributed by atoms with Gasteiger partial charge in [0.05, 0.1) is 0 Å². The smallest absolute Gasteiger partial charge is 0.0491 e. The molecule has 0 heterocycles. The molecule has 0 aliphatic carbocycles. The van der Waals surface area contributed by atoms with Crippen molar-refractivity contribution >= 4 is 57.6 Å². The van der Waals surface area contributed by atoms with E-state index in [-0.39, 0.29) is 0 Å². The van der Waals surface area contributed by atoms with Crippen LogP contribution in [0.2, 0.25) is 0 Å². The van der Waals surface area contributed by atoms with Crippen LogP contribution in [0.25, 0.3) is 33.4 Å². The van der Waals surface area contributed by atoms with Gasteiger partial charge in [0.15, 0.2) is 0 Å². The highest BCUT2D eigenvalue weighted by Gasteiger charge is 2.21. The predicted octanol–water partition coefficient (Wildman–Crippen LogP) is 19.2. The summed E-state index contributed by atoms with van der Waals surface area (Å²) in [6.45, 7) is 8.93. The Kier molecular flexibility index (Phi) is 13.1. The molecule has 0 amide bonds. The van der Waals surface area contributed by atoms with Crippen LogP contribution in [-0.4, -0.2) is 0 Å². The summed E-state index contributed by atoms with van der Waals surface area (Å²) >= 11 is 3.59. The fourth-order valence-corrected chi connectivity index (χ4v) is 10.9. The van der Waals surface area contributed by atoms with Gasteiger partial charge in [-0.3, -0.25) is 0 Å². The molecule has 10 rings (SSSR count). The average Bonchev–Trinajstić information content (AvgIpc) is 3.38.